The van der Waals surface area contributed by atoms with Crippen molar-refractivity contribution in [2.75, 3.05) is 6.54 Å². The lowest BCUT2D eigenvalue weighted by Gasteiger charge is -2.22. The number of hydrogen-bond donors (Lipinski definition) is 1. The normalized spacial score (nSPS) is 18.1. The van der Waals surface area contributed by atoms with Crippen LogP contribution in [0.15, 0.2) is 0 Å². The third kappa shape index (κ3) is 2.32. The molecule has 0 aliphatic carbocycles. The number of hydrogen-bond acceptors (Lipinski definition) is 2. The summed E-state index contributed by atoms with van der Waals surface area (Å²) < 4.78 is 66.0. The number of aliphatic carboxylic acids is 1. The molecule has 2 rings (SSSR count). The Morgan fingerprint density at radius 3 is 1.90 bits per heavy atom. The quantitative estimate of drug-likeness (QED) is 0.517. The second-order valence-corrected chi connectivity index (χ2v) is 4.44. The molecule has 0 spiro atoms. The summed E-state index contributed by atoms with van der Waals surface area (Å²) in [5.74, 6) is -14.4. The van der Waals surface area contributed by atoms with Crippen LogP contribution in [0.2, 0.25) is 0 Å². The summed E-state index contributed by atoms with van der Waals surface area (Å²) in [7, 11) is 0. The number of benzene rings is 1. The van der Waals surface area contributed by atoms with E-state index in [-0.39, 0.29) is 19.4 Å². The van der Waals surface area contributed by atoms with Crippen LogP contribution in [0, 0.1) is 29.1 Å². The largest absolute Gasteiger partial charge is 0.480 e. The summed E-state index contributed by atoms with van der Waals surface area (Å²) in [5, 5.41) is 8.88. The van der Waals surface area contributed by atoms with Crippen molar-refractivity contribution in [3.05, 3.63) is 34.6 Å². The Bertz CT molecular complexity index is 605. The Morgan fingerprint density at radius 2 is 1.43 bits per heavy atom. The lowest BCUT2D eigenvalue weighted by atomic mass is 10.1. The van der Waals surface area contributed by atoms with E-state index in [0.717, 1.165) is 0 Å². The van der Waals surface area contributed by atoms with E-state index in [2.05, 4.69) is 0 Å². The van der Waals surface area contributed by atoms with Crippen molar-refractivity contribution in [2.24, 2.45) is 0 Å². The average molecular weight is 309 g/mol. The van der Waals surface area contributed by atoms with E-state index >= 15 is 0 Å². The van der Waals surface area contributed by atoms with E-state index in [0.29, 0.717) is 4.90 Å². The van der Waals surface area contributed by atoms with Gasteiger partial charge >= 0.3 is 5.97 Å². The molecular weight excluding hydrogens is 301 g/mol. The number of halogens is 5. The van der Waals surface area contributed by atoms with Crippen molar-refractivity contribution < 1.29 is 36.6 Å². The van der Waals surface area contributed by atoms with E-state index in [9.17, 15) is 31.5 Å². The number of rotatable bonds is 2. The van der Waals surface area contributed by atoms with Gasteiger partial charge in [-0.3, -0.25) is 4.79 Å². The van der Waals surface area contributed by atoms with E-state index in [1.807, 2.05) is 0 Å². The highest BCUT2D eigenvalue weighted by Gasteiger charge is 2.39. The van der Waals surface area contributed by atoms with E-state index < -0.39 is 52.6 Å². The molecule has 1 aromatic rings. The molecule has 21 heavy (non-hydrogen) atoms. The molecule has 1 atom stereocenters. The monoisotopic (exact) mass is 309 g/mol. The molecule has 1 aliphatic rings. The Hall–Kier alpha value is -2.19. The van der Waals surface area contributed by atoms with Crippen molar-refractivity contribution in [1.82, 2.24) is 4.90 Å². The highest BCUT2D eigenvalue weighted by Crippen LogP contribution is 2.27. The van der Waals surface area contributed by atoms with Crippen LogP contribution < -0.4 is 0 Å². The molecule has 0 radical (unpaired) electrons. The second-order valence-electron chi connectivity index (χ2n) is 4.44. The maximum Gasteiger partial charge on any atom is 0.326 e. The molecule has 0 unspecified atom stereocenters. The maximum absolute atomic E-state index is 13.5. The molecule has 1 amide bonds. The van der Waals surface area contributed by atoms with Crippen molar-refractivity contribution in [2.45, 2.75) is 18.9 Å². The summed E-state index contributed by atoms with van der Waals surface area (Å²) >= 11 is 0. The van der Waals surface area contributed by atoms with Crippen molar-refractivity contribution in [1.29, 1.82) is 0 Å². The average Bonchev–Trinajstić information content (AvgIpc) is 2.92. The fourth-order valence-electron chi connectivity index (χ4n) is 2.20. The molecule has 1 aromatic carbocycles. The number of amides is 1. The van der Waals surface area contributed by atoms with Crippen molar-refractivity contribution >= 4 is 11.9 Å². The number of carboxylic acid groups (broad SMARTS) is 1. The zero-order chi connectivity index (χ0) is 15.9. The molecule has 114 valence electrons. The zero-order valence-corrected chi connectivity index (χ0v) is 10.3. The lowest BCUT2D eigenvalue weighted by Crippen LogP contribution is -2.41. The first-order valence-corrected chi connectivity index (χ1v) is 5.82. The lowest BCUT2D eigenvalue weighted by molar-refractivity contribution is -0.141. The van der Waals surface area contributed by atoms with Gasteiger partial charge in [0, 0.05) is 6.54 Å². The standard InChI is InChI=1S/C12H8F5NO3/c13-6-5(7(14)9(16)10(17)8(6)15)11(19)18-3-1-2-4(18)12(20)21/h4H,1-3H2,(H,20,21)/t4-/m0/s1. The predicted molar refractivity (Wildman–Crippen MR) is 57.9 cm³/mol. The molecule has 9 heteroatoms. The van der Waals surface area contributed by atoms with Gasteiger partial charge in [0.2, 0.25) is 5.82 Å². The van der Waals surface area contributed by atoms with Crippen LogP contribution in [0.4, 0.5) is 22.0 Å². The number of nitrogens with zero attached hydrogens (tertiary/aromatic N) is 1. The van der Waals surface area contributed by atoms with E-state index in [1.54, 1.807) is 0 Å². The number of carbonyl (C=O) groups excluding carboxylic acids is 1. The molecule has 0 aromatic heterocycles. The minimum Gasteiger partial charge on any atom is -0.480 e. The predicted octanol–water partition coefficient (Wildman–Crippen LogP) is 2.07. The molecule has 4 nitrogen and oxygen atoms in total. The van der Waals surface area contributed by atoms with Gasteiger partial charge in [0.25, 0.3) is 5.91 Å². The summed E-state index contributed by atoms with van der Waals surface area (Å²) in [4.78, 5) is 23.4. The molecule has 1 N–H and O–H groups in total. The first-order chi connectivity index (χ1) is 9.77. The molecule has 1 fully saturated rings. The summed E-state index contributed by atoms with van der Waals surface area (Å²) in [6.07, 6.45) is 0.286. The Kier molecular flexibility index (Phi) is 3.84. The SMILES string of the molecule is O=C(O)[C@@H]1CCCN1C(=O)c1c(F)c(F)c(F)c(F)c1F. The fourth-order valence-corrected chi connectivity index (χ4v) is 2.20. The number of likely N-dealkylation sites (tertiary alicyclic amines) is 1. The molecule has 1 heterocycles. The van der Waals surface area contributed by atoms with Gasteiger partial charge in [-0.25, -0.2) is 26.7 Å². The third-order valence-corrected chi connectivity index (χ3v) is 3.22. The van der Waals surface area contributed by atoms with Crippen molar-refractivity contribution in [3.63, 3.8) is 0 Å². The highest BCUT2D eigenvalue weighted by molar-refractivity contribution is 5.97. The molecular formula is C12H8F5NO3. The summed E-state index contributed by atoms with van der Waals surface area (Å²) in [6, 6.07) is -1.35. The van der Waals surface area contributed by atoms with Crippen LogP contribution in [-0.4, -0.2) is 34.5 Å². The van der Waals surface area contributed by atoms with Gasteiger partial charge in [-0.05, 0) is 12.8 Å². The fraction of sp³-hybridized carbons (Fsp3) is 0.333. The van der Waals surface area contributed by atoms with Crippen molar-refractivity contribution in [3.8, 4) is 0 Å². The van der Waals surface area contributed by atoms with Crippen LogP contribution in [-0.2, 0) is 4.79 Å². The van der Waals surface area contributed by atoms with Gasteiger partial charge in [0.05, 0.1) is 0 Å². The Balaban J connectivity index is 2.52. The number of carboxylic acids is 1. The minimum atomic E-state index is -2.38. The molecule has 0 saturated carbocycles. The van der Waals surface area contributed by atoms with Crippen LogP contribution in [0.1, 0.15) is 23.2 Å². The van der Waals surface area contributed by atoms with Crippen LogP contribution in [0.5, 0.6) is 0 Å². The molecule has 1 aliphatic heterocycles. The van der Waals surface area contributed by atoms with E-state index in [4.69, 9.17) is 5.11 Å². The summed E-state index contributed by atoms with van der Waals surface area (Å²) in [5.41, 5.74) is -1.64. The van der Waals surface area contributed by atoms with Gasteiger partial charge in [-0.15, -0.1) is 0 Å². The van der Waals surface area contributed by atoms with Gasteiger partial charge in [-0.1, -0.05) is 0 Å². The second kappa shape index (κ2) is 5.30. The van der Waals surface area contributed by atoms with Gasteiger partial charge in [0.15, 0.2) is 23.3 Å². The molecule has 1 saturated heterocycles. The highest BCUT2D eigenvalue weighted by atomic mass is 19.2. The van der Waals surface area contributed by atoms with Crippen LogP contribution in [0.3, 0.4) is 0 Å². The minimum absolute atomic E-state index is 0.0382. The first-order valence-electron chi connectivity index (χ1n) is 5.82. The van der Waals surface area contributed by atoms with Gasteiger partial charge in [-0.2, -0.15) is 0 Å². The van der Waals surface area contributed by atoms with Gasteiger partial charge in [0.1, 0.15) is 11.6 Å². The van der Waals surface area contributed by atoms with E-state index in [1.165, 1.54) is 0 Å². The maximum atomic E-state index is 13.5. The topological polar surface area (TPSA) is 57.6 Å². The first kappa shape index (κ1) is 15.2. The zero-order valence-electron chi connectivity index (χ0n) is 10.3. The van der Waals surface area contributed by atoms with Gasteiger partial charge < -0.3 is 10.0 Å². The van der Waals surface area contributed by atoms with Crippen LogP contribution >= 0.6 is 0 Å². The van der Waals surface area contributed by atoms with Crippen LogP contribution in [0.25, 0.3) is 0 Å². The number of carbonyl (C=O) groups is 2. The Labute approximate surface area is 114 Å². The third-order valence-electron chi connectivity index (χ3n) is 3.22. The summed E-state index contributed by atoms with van der Waals surface area (Å²) in [6.45, 7) is -0.144. The molecule has 0 bridgehead atoms. The Morgan fingerprint density at radius 1 is 0.952 bits per heavy atom. The smallest absolute Gasteiger partial charge is 0.326 e.